The van der Waals surface area contributed by atoms with Crippen LogP contribution < -0.4 is 0 Å². The Balaban J connectivity index is 2.64. The van der Waals surface area contributed by atoms with Crippen molar-refractivity contribution in [3.63, 3.8) is 0 Å². The Hall–Kier alpha value is -1.71. The minimum Gasteiger partial charge on any atom is -0.466 e. The van der Waals surface area contributed by atoms with Crippen molar-refractivity contribution in [2.75, 3.05) is 7.11 Å². The molecule has 4 nitrogen and oxygen atoms in total. The van der Waals surface area contributed by atoms with Crippen LogP contribution in [0.3, 0.4) is 0 Å². The Labute approximate surface area is 69.9 Å². The van der Waals surface area contributed by atoms with Crippen LogP contribution in [0.4, 0.5) is 0 Å². The monoisotopic (exact) mass is 164 g/mol. The highest BCUT2D eigenvalue weighted by Crippen LogP contribution is 1.91. The van der Waals surface area contributed by atoms with Gasteiger partial charge in [0.1, 0.15) is 0 Å². The molecule has 62 valence electrons. The molecule has 0 aliphatic carbocycles. The highest BCUT2D eigenvalue weighted by atomic mass is 16.5. The molecular formula is C8H8N2O2. The molecule has 0 atom stereocenters. The molecule has 0 aliphatic rings. The van der Waals surface area contributed by atoms with E-state index in [2.05, 4.69) is 14.7 Å². The van der Waals surface area contributed by atoms with Gasteiger partial charge in [-0.3, -0.25) is 0 Å². The molecule has 1 aromatic rings. The summed E-state index contributed by atoms with van der Waals surface area (Å²) in [5.41, 5.74) is 0. The van der Waals surface area contributed by atoms with E-state index in [1.807, 2.05) is 0 Å². The predicted octanol–water partition coefficient (Wildman–Crippen LogP) is 0.663. The van der Waals surface area contributed by atoms with Crippen molar-refractivity contribution in [1.29, 1.82) is 0 Å². The zero-order chi connectivity index (χ0) is 8.81. The molecule has 12 heavy (non-hydrogen) atoms. The van der Waals surface area contributed by atoms with E-state index in [-0.39, 0.29) is 0 Å². The molecule has 1 rings (SSSR count). The molecule has 0 aromatic carbocycles. The van der Waals surface area contributed by atoms with Gasteiger partial charge in [0.15, 0.2) is 5.82 Å². The third kappa shape index (κ3) is 2.49. The Bertz CT molecular complexity index is 282. The fourth-order valence-electron chi connectivity index (χ4n) is 0.607. The zero-order valence-corrected chi connectivity index (χ0v) is 6.60. The molecule has 0 N–H and O–H groups in total. The number of esters is 1. The number of aromatic nitrogens is 2. The van der Waals surface area contributed by atoms with Gasteiger partial charge in [-0.1, -0.05) is 0 Å². The minimum atomic E-state index is -0.414. The van der Waals surface area contributed by atoms with E-state index in [4.69, 9.17) is 0 Å². The van der Waals surface area contributed by atoms with E-state index in [0.717, 1.165) is 0 Å². The summed E-state index contributed by atoms with van der Waals surface area (Å²) in [4.78, 5) is 18.4. The van der Waals surface area contributed by atoms with Crippen molar-refractivity contribution in [2.45, 2.75) is 0 Å². The maximum absolute atomic E-state index is 10.6. The second-order valence-electron chi connectivity index (χ2n) is 1.96. The standard InChI is InChI=1S/C8H8N2O2/c1-12-8(11)4-3-7-9-5-2-6-10-7/h2-6H,1H3/b4-3+. The number of hydrogen-bond acceptors (Lipinski definition) is 4. The van der Waals surface area contributed by atoms with Gasteiger partial charge in [0, 0.05) is 18.5 Å². The van der Waals surface area contributed by atoms with Crippen LogP contribution in [0.5, 0.6) is 0 Å². The molecule has 1 heterocycles. The minimum absolute atomic E-state index is 0.414. The maximum atomic E-state index is 10.6. The summed E-state index contributed by atoms with van der Waals surface area (Å²) < 4.78 is 4.39. The molecule has 0 spiro atoms. The topological polar surface area (TPSA) is 52.1 Å². The van der Waals surface area contributed by atoms with Crippen molar-refractivity contribution >= 4 is 12.0 Å². The van der Waals surface area contributed by atoms with Gasteiger partial charge >= 0.3 is 5.97 Å². The third-order valence-electron chi connectivity index (χ3n) is 1.16. The molecular weight excluding hydrogens is 156 g/mol. The Morgan fingerprint density at radius 2 is 2.17 bits per heavy atom. The third-order valence-corrected chi connectivity index (χ3v) is 1.16. The number of hydrogen-bond donors (Lipinski definition) is 0. The summed E-state index contributed by atoms with van der Waals surface area (Å²) in [5, 5.41) is 0. The second-order valence-corrected chi connectivity index (χ2v) is 1.96. The van der Waals surface area contributed by atoms with Crippen LogP contribution in [-0.4, -0.2) is 23.0 Å². The molecule has 0 fully saturated rings. The number of carbonyl (C=O) groups excluding carboxylic acids is 1. The normalized spacial score (nSPS) is 10.1. The highest BCUT2D eigenvalue weighted by molar-refractivity contribution is 5.86. The molecule has 0 amide bonds. The summed E-state index contributed by atoms with van der Waals surface area (Å²) >= 11 is 0. The van der Waals surface area contributed by atoms with E-state index >= 15 is 0 Å². The van der Waals surface area contributed by atoms with Crippen LogP contribution in [0.25, 0.3) is 6.08 Å². The van der Waals surface area contributed by atoms with Crippen molar-refractivity contribution in [2.24, 2.45) is 0 Å². The average molecular weight is 164 g/mol. The van der Waals surface area contributed by atoms with Gasteiger partial charge in [0.05, 0.1) is 7.11 Å². The summed E-state index contributed by atoms with van der Waals surface area (Å²) in [6, 6.07) is 1.70. The van der Waals surface area contributed by atoms with Crippen LogP contribution in [0, 0.1) is 0 Å². The van der Waals surface area contributed by atoms with Gasteiger partial charge in [-0.25, -0.2) is 14.8 Å². The Morgan fingerprint density at radius 3 is 2.75 bits per heavy atom. The number of methoxy groups -OCH3 is 1. The summed E-state index contributed by atoms with van der Waals surface area (Å²) in [6.07, 6.45) is 5.97. The largest absolute Gasteiger partial charge is 0.466 e. The highest BCUT2D eigenvalue weighted by Gasteiger charge is 1.91. The van der Waals surface area contributed by atoms with Crippen LogP contribution in [0.15, 0.2) is 24.5 Å². The fourth-order valence-corrected chi connectivity index (χ4v) is 0.607. The van der Waals surface area contributed by atoms with Crippen molar-refractivity contribution in [1.82, 2.24) is 9.97 Å². The molecule has 0 bridgehead atoms. The van der Waals surface area contributed by atoms with E-state index in [1.165, 1.54) is 19.3 Å². The molecule has 0 radical (unpaired) electrons. The van der Waals surface area contributed by atoms with Gasteiger partial charge in [-0.2, -0.15) is 0 Å². The van der Waals surface area contributed by atoms with Crippen molar-refractivity contribution < 1.29 is 9.53 Å². The predicted molar refractivity (Wildman–Crippen MR) is 43.1 cm³/mol. The smallest absolute Gasteiger partial charge is 0.330 e. The van der Waals surface area contributed by atoms with E-state index < -0.39 is 5.97 Å². The second kappa shape index (κ2) is 4.23. The number of ether oxygens (including phenoxy) is 1. The SMILES string of the molecule is COC(=O)/C=C/c1ncccn1. The summed E-state index contributed by atoms with van der Waals surface area (Å²) in [6.45, 7) is 0. The summed E-state index contributed by atoms with van der Waals surface area (Å²) in [7, 11) is 1.32. The van der Waals surface area contributed by atoms with Gasteiger partial charge in [-0.15, -0.1) is 0 Å². The van der Waals surface area contributed by atoms with Crippen LogP contribution >= 0.6 is 0 Å². The lowest BCUT2D eigenvalue weighted by Crippen LogP contribution is -1.94. The zero-order valence-electron chi connectivity index (χ0n) is 6.60. The first kappa shape index (κ1) is 8.39. The molecule has 0 aliphatic heterocycles. The first-order chi connectivity index (χ1) is 5.83. The quantitative estimate of drug-likeness (QED) is 0.476. The van der Waals surface area contributed by atoms with E-state index in [1.54, 1.807) is 18.5 Å². The van der Waals surface area contributed by atoms with E-state index in [0.29, 0.717) is 5.82 Å². The van der Waals surface area contributed by atoms with Gasteiger partial charge in [-0.05, 0) is 12.1 Å². The fraction of sp³-hybridized carbons (Fsp3) is 0.125. The van der Waals surface area contributed by atoms with Crippen LogP contribution in [-0.2, 0) is 9.53 Å². The Kier molecular flexibility index (Phi) is 2.95. The number of rotatable bonds is 2. The summed E-state index contributed by atoms with van der Waals surface area (Å²) in [5.74, 6) is 0.0744. The van der Waals surface area contributed by atoms with Crippen molar-refractivity contribution in [3.05, 3.63) is 30.4 Å². The molecule has 0 saturated carbocycles. The van der Waals surface area contributed by atoms with Crippen molar-refractivity contribution in [3.8, 4) is 0 Å². The Morgan fingerprint density at radius 1 is 1.50 bits per heavy atom. The van der Waals surface area contributed by atoms with Gasteiger partial charge in [0.2, 0.25) is 0 Å². The average Bonchev–Trinajstić information content (AvgIpc) is 2.16. The molecule has 1 aromatic heterocycles. The van der Waals surface area contributed by atoms with Crippen LogP contribution in [0.1, 0.15) is 5.82 Å². The van der Waals surface area contributed by atoms with Gasteiger partial charge < -0.3 is 4.74 Å². The van der Waals surface area contributed by atoms with E-state index in [9.17, 15) is 4.79 Å². The lowest BCUT2D eigenvalue weighted by atomic mass is 10.4. The number of nitrogens with zero attached hydrogens (tertiary/aromatic N) is 2. The lowest BCUT2D eigenvalue weighted by Gasteiger charge is -1.89. The molecule has 0 unspecified atom stereocenters. The number of carbonyl (C=O) groups is 1. The molecule has 0 saturated heterocycles. The van der Waals surface area contributed by atoms with Gasteiger partial charge in [0.25, 0.3) is 0 Å². The van der Waals surface area contributed by atoms with Crippen LogP contribution in [0.2, 0.25) is 0 Å². The maximum Gasteiger partial charge on any atom is 0.330 e. The lowest BCUT2D eigenvalue weighted by molar-refractivity contribution is -0.134. The first-order valence-electron chi connectivity index (χ1n) is 3.36. The first-order valence-corrected chi connectivity index (χ1v) is 3.36. The molecule has 4 heteroatoms.